The number of fused-ring (bicyclic) bond motifs is 2. The molecule has 0 saturated carbocycles. The molecule has 4 aromatic rings. The van der Waals surface area contributed by atoms with Crippen molar-refractivity contribution >= 4 is 38.9 Å². The van der Waals surface area contributed by atoms with Gasteiger partial charge in [-0.1, -0.05) is 29.8 Å². The molecule has 0 fully saturated rings. The number of benzene rings is 2. The van der Waals surface area contributed by atoms with Crippen LogP contribution in [0.3, 0.4) is 0 Å². The van der Waals surface area contributed by atoms with Crippen molar-refractivity contribution in [3.8, 4) is 16.9 Å². The highest BCUT2D eigenvalue weighted by molar-refractivity contribution is 7.17. The van der Waals surface area contributed by atoms with Crippen LogP contribution in [-0.2, 0) is 11.3 Å². The number of carbonyl (C=O) groups is 2. The molecule has 1 N–H and O–H groups in total. The number of amides is 1. The molecule has 160 valence electrons. The average Bonchev–Trinajstić information content (AvgIpc) is 3.21. The van der Waals surface area contributed by atoms with Crippen molar-refractivity contribution in [2.24, 2.45) is 0 Å². The van der Waals surface area contributed by atoms with Crippen LogP contribution < -0.4 is 15.6 Å². The van der Waals surface area contributed by atoms with Crippen LogP contribution in [0.4, 0.5) is 5.69 Å². The Labute approximate surface area is 187 Å². The van der Waals surface area contributed by atoms with Crippen LogP contribution in [0.25, 0.3) is 21.3 Å². The first-order chi connectivity index (χ1) is 15.4. The number of rotatable bonds is 4. The van der Waals surface area contributed by atoms with Gasteiger partial charge in [0.2, 0.25) is 0 Å². The van der Waals surface area contributed by atoms with Gasteiger partial charge >= 0.3 is 0 Å². The Balaban J connectivity index is 1.48. The second-order valence-corrected chi connectivity index (χ2v) is 8.61. The topological polar surface area (TPSA) is 90.3 Å². The van der Waals surface area contributed by atoms with E-state index in [1.54, 1.807) is 25.1 Å². The van der Waals surface area contributed by atoms with Gasteiger partial charge in [0.15, 0.2) is 11.9 Å². The lowest BCUT2D eigenvalue weighted by atomic mass is 10.0. The Morgan fingerprint density at radius 3 is 2.75 bits per heavy atom. The number of hydrogen-bond donors (Lipinski definition) is 1. The zero-order valence-electron chi connectivity index (χ0n) is 17.4. The molecule has 1 atom stereocenters. The van der Waals surface area contributed by atoms with Crippen LogP contribution in [0.15, 0.2) is 59.0 Å². The van der Waals surface area contributed by atoms with Gasteiger partial charge in [0.05, 0.1) is 23.9 Å². The predicted molar refractivity (Wildman–Crippen MR) is 124 cm³/mol. The molecule has 5 rings (SSSR count). The van der Waals surface area contributed by atoms with Gasteiger partial charge in [-0.2, -0.15) is 0 Å². The smallest absolute Gasteiger partial charge is 0.265 e. The summed E-state index contributed by atoms with van der Waals surface area (Å²) in [6, 6.07) is 12.8. The third-order valence-corrected chi connectivity index (χ3v) is 6.36. The fraction of sp³-hybridized carbons (Fsp3) is 0.167. The van der Waals surface area contributed by atoms with Gasteiger partial charge in [-0.05, 0) is 37.6 Å². The van der Waals surface area contributed by atoms with E-state index in [0.717, 1.165) is 16.7 Å². The van der Waals surface area contributed by atoms with E-state index >= 15 is 0 Å². The minimum absolute atomic E-state index is 0.158. The minimum Gasteiger partial charge on any atom is -0.479 e. The normalized spacial score (nSPS) is 15.2. The number of aryl methyl sites for hydroxylation is 1. The zero-order chi connectivity index (χ0) is 22.4. The molecule has 2 aromatic carbocycles. The van der Waals surface area contributed by atoms with E-state index < -0.39 is 6.10 Å². The van der Waals surface area contributed by atoms with Crippen LogP contribution in [-0.4, -0.2) is 27.3 Å². The lowest BCUT2D eigenvalue weighted by Gasteiger charge is -2.23. The molecule has 7 nitrogen and oxygen atoms in total. The quantitative estimate of drug-likeness (QED) is 0.479. The number of anilines is 1. The number of ketones is 1. The molecule has 0 saturated heterocycles. The molecular weight excluding hydrogens is 426 g/mol. The van der Waals surface area contributed by atoms with Gasteiger partial charge in [-0.3, -0.25) is 19.0 Å². The van der Waals surface area contributed by atoms with E-state index in [1.807, 2.05) is 36.6 Å². The van der Waals surface area contributed by atoms with E-state index in [-0.39, 0.29) is 23.8 Å². The molecular formula is C24H19N3O4S. The van der Waals surface area contributed by atoms with E-state index in [0.29, 0.717) is 27.2 Å². The summed E-state index contributed by atoms with van der Waals surface area (Å²) < 4.78 is 6.86. The van der Waals surface area contributed by atoms with Crippen molar-refractivity contribution in [3.05, 3.63) is 75.7 Å². The lowest BCUT2D eigenvalue weighted by molar-refractivity contribution is -0.122. The first-order valence-corrected chi connectivity index (χ1v) is 11.0. The molecule has 1 aliphatic heterocycles. The van der Waals surface area contributed by atoms with Gasteiger partial charge in [-0.15, -0.1) is 11.3 Å². The second kappa shape index (κ2) is 7.72. The Bertz CT molecular complexity index is 1440. The largest absolute Gasteiger partial charge is 0.479 e. The lowest BCUT2D eigenvalue weighted by Crippen LogP contribution is -2.34. The first-order valence-electron chi connectivity index (χ1n) is 10.1. The van der Waals surface area contributed by atoms with Crippen LogP contribution in [0, 0.1) is 6.92 Å². The number of thiophene rings is 1. The van der Waals surface area contributed by atoms with Crippen molar-refractivity contribution in [1.82, 2.24) is 9.55 Å². The Hall–Kier alpha value is -3.78. The van der Waals surface area contributed by atoms with E-state index in [9.17, 15) is 14.4 Å². The molecule has 0 bridgehead atoms. The van der Waals surface area contributed by atoms with Crippen LogP contribution in [0.5, 0.6) is 5.75 Å². The van der Waals surface area contributed by atoms with Crippen LogP contribution in [0.2, 0.25) is 0 Å². The molecule has 0 radical (unpaired) electrons. The van der Waals surface area contributed by atoms with E-state index in [2.05, 4.69) is 10.3 Å². The fourth-order valence-corrected chi connectivity index (χ4v) is 4.56. The molecule has 0 spiro atoms. The number of nitrogens with one attached hydrogen (secondary N) is 1. The fourth-order valence-electron chi connectivity index (χ4n) is 3.65. The molecule has 32 heavy (non-hydrogen) atoms. The number of aromatic nitrogens is 2. The maximum absolute atomic E-state index is 13.2. The number of carbonyl (C=O) groups excluding carboxylic acids is 2. The van der Waals surface area contributed by atoms with Gasteiger partial charge < -0.3 is 10.1 Å². The van der Waals surface area contributed by atoms with Crippen molar-refractivity contribution < 1.29 is 14.3 Å². The third-order valence-electron chi connectivity index (χ3n) is 5.47. The molecule has 1 amide bonds. The maximum atomic E-state index is 13.2. The number of Topliss-reactive ketones (excluding diaryl/α,β-unsaturated/α-hetero) is 1. The monoisotopic (exact) mass is 445 g/mol. The predicted octanol–water partition coefficient (Wildman–Crippen LogP) is 4.04. The minimum atomic E-state index is -0.589. The summed E-state index contributed by atoms with van der Waals surface area (Å²) in [6.45, 7) is 3.51. The van der Waals surface area contributed by atoms with Crippen molar-refractivity contribution in [2.45, 2.75) is 26.5 Å². The van der Waals surface area contributed by atoms with Gasteiger partial charge in [0.25, 0.3) is 11.5 Å². The maximum Gasteiger partial charge on any atom is 0.265 e. The molecule has 8 heteroatoms. The average molecular weight is 446 g/mol. The number of nitrogens with zero attached hydrogens (tertiary/aromatic N) is 2. The molecule has 2 aromatic heterocycles. The number of hydrogen-bond acceptors (Lipinski definition) is 6. The molecule has 0 aliphatic carbocycles. The van der Waals surface area contributed by atoms with Crippen LogP contribution in [0.1, 0.15) is 22.8 Å². The Kier molecular flexibility index (Phi) is 4.86. The Morgan fingerprint density at radius 2 is 1.97 bits per heavy atom. The standard InChI is InChI=1S/C24H19N3O4S/c1-13-3-5-15(6-4-13)17-11-32-23-21(17)24(30)27(12-25-23)10-19(28)16-7-8-20-18(9-16)26-22(29)14(2)31-20/h3-9,11-12,14H,10H2,1-2H3,(H,26,29). The molecule has 1 unspecified atom stereocenters. The highest BCUT2D eigenvalue weighted by atomic mass is 32.1. The first kappa shape index (κ1) is 20.1. The second-order valence-electron chi connectivity index (χ2n) is 7.76. The van der Waals surface area contributed by atoms with Crippen LogP contribution >= 0.6 is 11.3 Å². The highest BCUT2D eigenvalue weighted by Gasteiger charge is 2.24. The summed E-state index contributed by atoms with van der Waals surface area (Å²) in [5.41, 5.74) is 3.44. The highest BCUT2D eigenvalue weighted by Crippen LogP contribution is 2.32. The number of ether oxygens (including phenoxy) is 1. The van der Waals surface area contributed by atoms with Gasteiger partial charge in [0, 0.05) is 16.5 Å². The summed E-state index contributed by atoms with van der Waals surface area (Å²) >= 11 is 1.40. The summed E-state index contributed by atoms with van der Waals surface area (Å²) in [6.07, 6.45) is 0.817. The van der Waals surface area contributed by atoms with Gasteiger partial charge in [-0.25, -0.2) is 4.98 Å². The van der Waals surface area contributed by atoms with E-state index in [1.165, 1.54) is 22.2 Å². The summed E-state index contributed by atoms with van der Waals surface area (Å²) in [7, 11) is 0. The van der Waals surface area contributed by atoms with Crippen molar-refractivity contribution in [1.29, 1.82) is 0 Å². The van der Waals surface area contributed by atoms with Crippen molar-refractivity contribution in [3.63, 3.8) is 0 Å². The zero-order valence-corrected chi connectivity index (χ0v) is 18.2. The summed E-state index contributed by atoms with van der Waals surface area (Å²) in [4.78, 5) is 43.1. The summed E-state index contributed by atoms with van der Waals surface area (Å²) in [5, 5.41) is 5.16. The SMILES string of the molecule is Cc1ccc(-c2csc3ncn(CC(=O)c4ccc5c(c4)NC(=O)C(C)O5)c(=O)c23)cc1. The molecule has 1 aliphatic rings. The third kappa shape index (κ3) is 3.48. The van der Waals surface area contributed by atoms with Gasteiger partial charge in [0.1, 0.15) is 10.6 Å². The molecule has 3 heterocycles. The van der Waals surface area contributed by atoms with Crippen molar-refractivity contribution in [2.75, 3.05) is 5.32 Å². The summed E-state index contributed by atoms with van der Waals surface area (Å²) in [5.74, 6) is -0.0278. The Morgan fingerprint density at radius 1 is 1.19 bits per heavy atom. The van der Waals surface area contributed by atoms with E-state index in [4.69, 9.17) is 4.74 Å².